The molecule has 0 fully saturated rings. The van der Waals surface area contributed by atoms with Gasteiger partial charge in [0.2, 0.25) is 0 Å². The second-order valence-corrected chi connectivity index (χ2v) is 4.32. The van der Waals surface area contributed by atoms with Crippen LogP contribution in [0.3, 0.4) is 0 Å². The van der Waals surface area contributed by atoms with Crippen LogP contribution in [0.4, 0.5) is 0 Å². The zero-order valence-corrected chi connectivity index (χ0v) is 10.6. The lowest BCUT2D eigenvalue weighted by Gasteiger charge is -2.16. The Hall–Kier alpha value is -1.49. The van der Waals surface area contributed by atoms with Gasteiger partial charge in [-0.15, -0.1) is 0 Å². The molecule has 1 aromatic heterocycles. The van der Waals surface area contributed by atoms with Crippen molar-refractivity contribution < 1.29 is 4.74 Å². The van der Waals surface area contributed by atoms with Crippen LogP contribution in [0, 0.1) is 0 Å². The van der Waals surface area contributed by atoms with Crippen molar-refractivity contribution in [3.05, 3.63) is 42.1 Å². The summed E-state index contributed by atoms with van der Waals surface area (Å²) in [5.74, 6) is 5.61. The van der Waals surface area contributed by atoms with Gasteiger partial charge in [-0.1, -0.05) is 18.2 Å². The number of pyridine rings is 1. The molecule has 0 amide bonds. The molecule has 0 bridgehead atoms. The predicted octanol–water partition coefficient (Wildman–Crippen LogP) is 2.17. The molecule has 4 nitrogen and oxygen atoms in total. The van der Waals surface area contributed by atoms with Crippen molar-refractivity contribution in [2.24, 2.45) is 5.84 Å². The summed E-state index contributed by atoms with van der Waals surface area (Å²) in [7, 11) is 1.71. The van der Waals surface area contributed by atoms with Gasteiger partial charge in [0.15, 0.2) is 0 Å². The number of methoxy groups -OCH3 is 1. The van der Waals surface area contributed by atoms with Crippen LogP contribution in [0.1, 0.15) is 24.4 Å². The third kappa shape index (κ3) is 3.04. The molecule has 96 valence electrons. The van der Waals surface area contributed by atoms with Crippen molar-refractivity contribution in [1.82, 2.24) is 10.4 Å². The van der Waals surface area contributed by atoms with Crippen LogP contribution < -0.4 is 11.3 Å². The Kier molecular flexibility index (Phi) is 4.64. The molecule has 3 N–H and O–H groups in total. The van der Waals surface area contributed by atoms with E-state index < -0.39 is 0 Å². The molecule has 2 rings (SSSR count). The monoisotopic (exact) mass is 245 g/mol. The molecule has 18 heavy (non-hydrogen) atoms. The quantitative estimate of drug-likeness (QED) is 0.465. The number of fused-ring (bicyclic) bond motifs is 1. The van der Waals surface area contributed by atoms with E-state index in [4.69, 9.17) is 10.6 Å². The first-order valence-electron chi connectivity index (χ1n) is 6.15. The van der Waals surface area contributed by atoms with Crippen molar-refractivity contribution in [2.75, 3.05) is 13.7 Å². The van der Waals surface area contributed by atoms with Gasteiger partial charge >= 0.3 is 0 Å². The predicted molar refractivity (Wildman–Crippen MR) is 72.9 cm³/mol. The number of nitrogens with zero attached hydrogens (tertiary/aromatic N) is 1. The Morgan fingerprint density at radius 3 is 3.00 bits per heavy atom. The molecule has 2 aromatic rings. The van der Waals surface area contributed by atoms with Gasteiger partial charge < -0.3 is 4.74 Å². The van der Waals surface area contributed by atoms with Gasteiger partial charge in [-0.2, -0.15) is 0 Å². The highest BCUT2D eigenvalue weighted by atomic mass is 16.5. The van der Waals surface area contributed by atoms with E-state index in [0.29, 0.717) is 0 Å². The maximum absolute atomic E-state index is 5.61. The summed E-state index contributed by atoms with van der Waals surface area (Å²) in [6.45, 7) is 0.749. The van der Waals surface area contributed by atoms with Crippen LogP contribution in [0.5, 0.6) is 0 Å². The standard InChI is InChI=1S/C14H19N3O/c1-18-8-4-7-14(17-15)12-9-11-5-2-3-6-13(11)16-10-12/h2-3,5-6,9-10,14,17H,4,7-8,15H2,1H3. The lowest BCUT2D eigenvalue weighted by molar-refractivity contribution is 0.189. The molecule has 1 unspecified atom stereocenters. The van der Waals surface area contributed by atoms with Crippen molar-refractivity contribution in [3.8, 4) is 0 Å². The highest BCUT2D eigenvalue weighted by Crippen LogP contribution is 2.21. The molecular formula is C14H19N3O. The zero-order chi connectivity index (χ0) is 12.8. The first-order valence-corrected chi connectivity index (χ1v) is 6.15. The molecule has 1 aromatic carbocycles. The summed E-state index contributed by atoms with van der Waals surface area (Å²) in [6.07, 6.45) is 3.79. The first-order chi connectivity index (χ1) is 8.85. The van der Waals surface area contributed by atoms with Crippen molar-refractivity contribution >= 4 is 10.9 Å². The van der Waals surface area contributed by atoms with E-state index in [1.165, 1.54) is 0 Å². The van der Waals surface area contributed by atoms with Gasteiger partial charge in [-0.05, 0) is 30.5 Å². The zero-order valence-electron chi connectivity index (χ0n) is 10.6. The Balaban J connectivity index is 2.17. The topological polar surface area (TPSA) is 60.2 Å². The largest absolute Gasteiger partial charge is 0.385 e. The molecule has 0 aliphatic rings. The third-order valence-corrected chi connectivity index (χ3v) is 3.06. The second-order valence-electron chi connectivity index (χ2n) is 4.32. The van der Waals surface area contributed by atoms with E-state index in [0.717, 1.165) is 35.9 Å². The van der Waals surface area contributed by atoms with Crippen molar-refractivity contribution in [2.45, 2.75) is 18.9 Å². The summed E-state index contributed by atoms with van der Waals surface area (Å²) in [6, 6.07) is 10.3. The van der Waals surface area contributed by atoms with E-state index in [-0.39, 0.29) is 6.04 Å². The average Bonchev–Trinajstić information content (AvgIpc) is 2.43. The molecule has 0 aliphatic heterocycles. The summed E-state index contributed by atoms with van der Waals surface area (Å²) >= 11 is 0. The average molecular weight is 245 g/mol. The van der Waals surface area contributed by atoms with Gasteiger partial charge in [0.05, 0.1) is 5.52 Å². The van der Waals surface area contributed by atoms with Crippen LogP contribution in [0.2, 0.25) is 0 Å². The molecule has 4 heteroatoms. The Labute approximate surface area is 107 Å². The van der Waals surface area contributed by atoms with E-state index in [1.54, 1.807) is 7.11 Å². The lowest BCUT2D eigenvalue weighted by atomic mass is 10.0. The minimum atomic E-state index is 0.122. The van der Waals surface area contributed by atoms with E-state index in [9.17, 15) is 0 Å². The number of benzene rings is 1. The minimum absolute atomic E-state index is 0.122. The van der Waals surface area contributed by atoms with E-state index >= 15 is 0 Å². The molecule has 0 saturated heterocycles. The lowest BCUT2D eigenvalue weighted by Crippen LogP contribution is -2.28. The SMILES string of the molecule is COCCCC(NN)c1cnc2ccccc2c1. The van der Waals surface area contributed by atoms with E-state index in [2.05, 4.69) is 22.5 Å². The van der Waals surface area contributed by atoms with Crippen molar-refractivity contribution in [3.63, 3.8) is 0 Å². The van der Waals surface area contributed by atoms with Crippen LogP contribution in [-0.4, -0.2) is 18.7 Å². The summed E-state index contributed by atoms with van der Waals surface area (Å²) < 4.78 is 5.06. The van der Waals surface area contributed by atoms with Gasteiger partial charge in [-0.25, -0.2) is 0 Å². The highest BCUT2D eigenvalue weighted by Gasteiger charge is 2.10. The number of ether oxygens (including phenoxy) is 1. The summed E-state index contributed by atoms with van der Waals surface area (Å²) in [5, 5.41) is 1.14. The van der Waals surface area contributed by atoms with Crippen LogP contribution >= 0.6 is 0 Å². The minimum Gasteiger partial charge on any atom is -0.385 e. The number of rotatable bonds is 6. The maximum Gasteiger partial charge on any atom is 0.0702 e. The normalized spacial score (nSPS) is 12.8. The van der Waals surface area contributed by atoms with Crippen LogP contribution in [0.15, 0.2) is 36.5 Å². The number of nitrogens with one attached hydrogen (secondary N) is 1. The second kappa shape index (κ2) is 6.44. The molecule has 0 spiro atoms. The third-order valence-electron chi connectivity index (χ3n) is 3.06. The molecule has 0 aliphatic carbocycles. The first kappa shape index (κ1) is 13.0. The smallest absolute Gasteiger partial charge is 0.0702 e. The number of hydrogen-bond donors (Lipinski definition) is 2. The van der Waals surface area contributed by atoms with Gasteiger partial charge in [0.25, 0.3) is 0 Å². The number of aromatic nitrogens is 1. The van der Waals surface area contributed by atoms with E-state index in [1.807, 2.05) is 24.4 Å². The number of para-hydroxylation sites is 1. The van der Waals surface area contributed by atoms with Gasteiger partial charge in [-0.3, -0.25) is 16.3 Å². The Morgan fingerprint density at radius 2 is 2.22 bits per heavy atom. The molecule has 1 heterocycles. The molecule has 1 atom stereocenters. The van der Waals surface area contributed by atoms with Crippen LogP contribution in [0.25, 0.3) is 10.9 Å². The fraction of sp³-hybridized carbons (Fsp3) is 0.357. The van der Waals surface area contributed by atoms with Gasteiger partial charge in [0, 0.05) is 31.3 Å². The number of hydrogen-bond acceptors (Lipinski definition) is 4. The maximum atomic E-state index is 5.61. The fourth-order valence-corrected chi connectivity index (χ4v) is 2.06. The summed E-state index contributed by atoms with van der Waals surface area (Å²) in [4.78, 5) is 4.45. The van der Waals surface area contributed by atoms with Crippen molar-refractivity contribution in [1.29, 1.82) is 0 Å². The Morgan fingerprint density at radius 1 is 1.39 bits per heavy atom. The molecule has 0 saturated carbocycles. The number of nitrogens with two attached hydrogens (primary N) is 1. The fourth-order valence-electron chi connectivity index (χ4n) is 2.06. The molecular weight excluding hydrogens is 226 g/mol. The summed E-state index contributed by atoms with van der Waals surface area (Å²) in [5.41, 5.74) is 4.97. The van der Waals surface area contributed by atoms with Crippen LogP contribution in [-0.2, 0) is 4.74 Å². The highest BCUT2D eigenvalue weighted by molar-refractivity contribution is 5.78. The number of hydrazine groups is 1. The Bertz CT molecular complexity index is 501. The molecule has 0 radical (unpaired) electrons. The van der Waals surface area contributed by atoms with Gasteiger partial charge in [0.1, 0.15) is 0 Å².